The summed E-state index contributed by atoms with van der Waals surface area (Å²) >= 11 is 2.03. The minimum Gasteiger partial charge on any atom is -0.456 e. The molecular weight excluding hydrogens is 343 g/mol. The molecule has 0 heterocycles. The van der Waals surface area contributed by atoms with Gasteiger partial charge in [-0.1, -0.05) is 6.58 Å². The third-order valence-corrected chi connectivity index (χ3v) is 5.71. The second-order valence-corrected chi connectivity index (χ2v) is 7.01. The minimum absolute atomic E-state index is 0.0417. The summed E-state index contributed by atoms with van der Waals surface area (Å²) in [6.07, 6.45) is 6.47. The normalized spacial score (nSPS) is 45.0. The zero-order valence-electron chi connectivity index (χ0n) is 10.7. The van der Waals surface area contributed by atoms with Crippen LogP contribution in [0.3, 0.4) is 0 Å². The largest absolute Gasteiger partial charge is 0.456 e. The van der Waals surface area contributed by atoms with Gasteiger partial charge in [-0.3, -0.25) is 0 Å². The van der Waals surface area contributed by atoms with Gasteiger partial charge in [0.05, 0.1) is 5.60 Å². The van der Waals surface area contributed by atoms with Gasteiger partial charge in [-0.15, -0.1) is 0 Å². The van der Waals surface area contributed by atoms with Gasteiger partial charge < -0.3 is 7.80 Å². The fourth-order valence-corrected chi connectivity index (χ4v) is 5.10. The Balaban J connectivity index is 1.84. The third kappa shape index (κ3) is 2.01. The quantitative estimate of drug-likeness (QED) is 0.438. The summed E-state index contributed by atoms with van der Waals surface area (Å²) in [5, 5.41) is 0. The molecule has 4 aliphatic rings. The van der Waals surface area contributed by atoms with Crippen molar-refractivity contribution in [2.45, 2.75) is 56.7 Å². The summed E-state index contributed by atoms with van der Waals surface area (Å²) in [4.78, 5) is 11.9. The van der Waals surface area contributed by atoms with Crippen molar-refractivity contribution in [1.82, 2.24) is 0 Å². The zero-order chi connectivity index (χ0) is 13.0. The van der Waals surface area contributed by atoms with Gasteiger partial charge in [0.2, 0.25) is 0 Å². The second kappa shape index (κ2) is 4.20. The Kier molecular flexibility index (Phi) is 3.01. The van der Waals surface area contributed by atoms with Crippen LogP contribution in [0.2, 0.25) is 0 Å². The summed E-state index contributed by atoms with van der Waals surface area (Å²) in [5.41, 5.74) is 0.181. The number of carbonyl (C=O) groups is 1. The van der Waals surface area contributed by atoms with Crippen molar-refractivity contribution in [3.05, 3.63) is 12.2 Å². The van der Waals surface area contributed by atoms with Crippen molar-refractivity contribution in [2.75, 3.05) is 0 Å². The molecule has 0 saturated heterocycles. The zero-order valence-corrected chi connectivity index (χ0v) is 12.9. The highest BCUT2D eigenvalue weighted by atomic mass is 127. The second-order valence-electron chi connectivity index (χ2n) is 6.57. The van der Waals surface area contributed by atoms with Crippen molar-refractivity contribution < 1.29 is 12.6 Å². The van der Waals surface area contributed by atoms with Crippen LogP contribution in [0, 0.1) is 11.8 Å². The van der Waals surface area contributed by atoms with Crippen molar-refractivity contribution in [1.29, 1.82) is 0 Å². The number of esters is 1. The van der Waals surface area contributed by atoms with Crippen LogP contribution in [-0.4, -0.2) is 17.2 Å². The predicted octanol–water partition coefficient (Wildman–Crippen LogP) is 3.56. The van der Waals surface area contributed by atoms with E-state index in [-0.39, 0.29) is 17.2 Å². The number of ether oxygens (including phenoxy) is 1. The van der Waals surface area contributed by atoms with E-state index in [1.54, 1.807) is 6.92 Å². The van der Waals surface area contributed by atoms with E-state index in [1.165, 1.54) is 6.42 Å². The molecule has 3 nitrogen and oxygen atoms in total. The molecule has 0 aromatic heterocycles. The summed E-state index contributed by atoms with van der Waals surface area (Å²) in [7, 11) is 0. The maximum Gasteiger partial charge on any atom is 0.333 e. The molecule has 0 radical (unpaired) electrons. The van der Waals surface area contributed by atoms with Gasteiger partial charge in [-0.25, -0.2) is 4.79 Å². The van der Waals surface area contributed by atoms with Gasteiger partial charge in [0.15, 0.2) is 0 Å². The number of hydrogen-bond donors (Lipinski definition) is 0. The maximum atomic E-state index is 11.9. The molecule has 4 fully saturated rings. The monoisotopic (exact) mass is 362 g/mol. The van der Waals surface area contributed by atoms with E-state index in [0.29, 0.717) is 17.4 Å². The van der Waals surface area contributed by atoms with Gasteiger partial charge in [-0.2, -0.15) is 0 Å². The molecular formula is C14H19IO3. The van der Waals surface area contributed by atoms with Gasteiger partial charge in [0.25, 0.3) is 0 Å². The topological polar surface area (TPSA) is 35.5 Å². The van der Waals surface area contributed by atoms with E-state index in [9.17, 15) is 4.79 Å². The lowest BCUT2D eigenvalue weighted by Crippen LogP contribution is -2.60. The molecule has 4 heteroatoms. The van der Waals surface area contributed by atoms with Crippen LogP contribution in [0.5, 0.6) is 0 Å². The molecule has 4 rings (SSSR count). The lowest BCUT2D eigenvalue weighted by Gasteiger charge is -2.59. The van der Waals surface area contributed by atoms with Gasteiger partial charge in [0.1, 0.15) is 28.6 Å². The third-order valence-electron chi connectivity index (χ3n) is 4.78. The van der Waals surface area contributed by atoms with E-state index >= 15 is 0 Å². The van der Waals surface area contributed by atoms with Crippen LogP contribution >= 0.6 is 23.0 Å². The van der Waals surface area contributed by atoms with Gasteiger partial charge >= 0.3 is 5.97 Å². The fraction of sp³-hybridized carbons (Fsp3) is 0.786. The van der Waals surface area contributed by atoms with Crippen LogP contribution in [0.1, 0.15) is 45.4 Å². The number of halogens is 1. The van der Waals surface area contributed by atoms with Crippen molar-refractivity contribution in [3.63, 3.8) is 0 Å². The highest BCUT2D eigenvalue weighted by Gasteiger charge is 2.60. The first-order valence-corrected chi connectivity index (χ1v) is 7.53. The Morgan fingerprint density at radius 1 is 1.22 bits per heavy atom. The average molecular weight is 362 g/mol. The molecule has 0 amide bonds. The molecule has 0 spiro atoms. The number of hydrogen-bond acceptors (Lipinski definition) is 3. The SMILES string of the molecule is C=C(C)C(=O)OC12CC3CC(CC(OI)(C3)C1)C2. The van der Waals surface area contributed by atoms with E-state index in [4.69, 9.17) is 7.80 Å². The standard InChI is InChI=1S/C14H19IO3/c1-9(2)12(16)17-13-4-10-3-11(5-13)7-14(6-10,8-13)18-15/h10-11H,1,3-8H2,2H3. The molecule has 2 unspecified atom stereocenters. The lowest BCUT2D eigenvalue weighted by molar-refractivity contribution is -0.204. The molecule has 0 aromatic rings. The van der Waals surface area contributed by atoms with Crippen LogP contribution in [0.4, 0.5) is 0 Å². The lowest BCUT2D eigenvalue weighted by atomic mass is 9.52. The first-order valence-electron chi connectivity index (χ1n) is 6.65. The van der Waals surface area contributed by atoms with Crippen molar-refractivity contribution in [2.24, 2.45) is 11.8 Å². The molecule has 2 atom stereocenters. The molecule has 4 saturated carbocycles. The van der Waals surface area contributed by atoms with Crippen LogP contribution < -0.4 is 0 Å². The molecule has 100 valence electrons. The number of carbonyl (C=O) groups excluding carboxylic acids is 1. The Hall–Kier alpha value is -0.100. The summed E-state index contributed by atoms with van der Waals surface area (Å²) in [6.45, 7) is 5.40. The summed E-state index contributed by atoms with van der Waals surface area (Å²) in [6, 6.07) is 0. The Morgan fingerprint density at radius 2 is 1.78 bits per heavy atom. The molecule has 4 bridgehead atoms. The fourth-order valence-electron chi connectivity index (χ4n) is 4.59. The Morgan fingerprint density at radius 3 is 2.28 bits per heavy atom. The highest BCUT2D eigenvalue weighted by Crippen LogP contribution is 2.60. The van der Waals surface area contributed by atoms with Gasteiger partial charge in [-0.05, 0) is 50.9 Å². The smallest absolute Gasteiger partial charge is 0.333 e. The molecule has 4 aliphatic carbocycles. The Labute approximate surface area is 122 Å². The highest BCUT2D eigenvalue weighted by molar-refractivity contribution is 14.1. The van der Waals surface area contributed by atoms with E-state index in [2.05, 4.69) is 6.58 Å². The van der Waals surface area contributed by atoms with E-state index in [1.807, 2.05) is 23.0 Å². The van der Waals surface area contributed by atoms with E-state index < -0.39 is 0 Å². The maximum absolute atomic E-state index is 11.9. The average Bonchev–Trinajstić information content (AvgIpc) is 2.26. The molecule has 0 aliphatic heterocycles. The van der Waals surface area contributed by atoms with Crippen molar-refractivity contribution >= 4 is 29.0 Å². The molecule has 18 heavy (non-hydrogen) atoms. The van der Waals surface area contributed by atoms with Crippen LogP contribution in [-0.2, 0) is 12.6 Å². The Bertz CT molecular complexity index is 390. The predicted molar refractivity (Wildman–Crippen MR) is 76.2 cm³/mol. The first-order chi connectivity index (χ1) is 8.46. The van der Waals surface area contributed by atoms with Crippen LogP contribution in [0.25, 0.3) is 0 Å². The molecule has 0 aromatic carbocycles. The van der Waals surface area contributed by atoms with Crippen molar-refractivity contribution in [3.8, 4) is 0 Å². The summed E-state index contributed by atoms with van der Waals surface area (Å²) in [5.74, 6) is 1.10. The number of rotatable bonds is 3. The van der Waals surface area contributed by atoms with Gasteiger partial charge in [0, 0.05) is 12.0 Å². The van der Waals surface area contributed by atoms with E-state index in [0.717, 1.165) is 32.1 Å². The summed E-state index contributed by atoms with van der Waals surface area (Å²) < 4.78 is 11.6. The molecule has 0 N–H and O–H groups in total. The van der Waals surface area contributed by atoms with Crippen LogP contribution in [0.15, 0.2) is 12.2 Å². The minimum atomic E-state index is -0.273. The first kappa shape index (κ1) is 12.9.